The maximum Gasteiger partial charge on any atom is 0.330 e. The molecule has 0 spiro atoms. The smallest absolute Gasteiger partial charge is 0.330 e. The number of halogens is 1. The summed E-state index contributed by atoms with van der Waals surface area (Å²) < 4.78 is 0. The van der Waals surface area contributed by atoms with Crippen LogP contribution in [0.5, 0.6) is 0 Å². The Kier molecular flexibility index (Phi) is 10.3. The Balaban J connectivity index is 0. The van der Waals surface area contributed by atoms with Crippen molar-refractivity contribution < 1.29 is 15.0 Å². The molecular weight excluding hydrogens is 156 g/mol. The first-order valence-corrected chi connectivity index (χ1v) is 3.15. The lowest BCUT2D eigenvalue weighted by molar-refractivity contribution is -0.132. The summed E-state index contributed by atoms with van der Waals surface area (Å²) >= 11 is 4.94. The van der Waals surface area contributed by atoms with Gasteiger partial charge in [0.05, 0.1) is 6.61 Å². The number of hydrogen-bond acceptors (Lipinski definition) is 2. The maximum absolute atomic E-state index is 9.60. The predicted molar refractivity (Wildman–Crippen MR) is 40.3 cm³/mol. The van der Waals surface area contributed by atoms with E-state index in [1.165, 1.54) is 6.92 Å². The van der Waals surface area contributed by atoms with E-state index in [-0.39, 0.29) is 12.2 Å². The molecule has 2 N–H and O–H groups in total. The second-order valence-electron chi connectivity index (χ2n) is 1.50. The molecule has 0 rings (SSSR count). The van der Waals surface area contributed by atoms with Crippen LogP contribution in [0.1, 0.15) is 6.92 Å². The second kappa shape index (κ2) is 8.46. The van der Waals surface area contributed by atoms with E-state index in [2.05, 4.69) is 6.58 Å². The van der Waals surface area contributed by atoms with Gasteiger partial charge in [-0.15, -0.1) is 11.6 Å². The van der Waals surface area contributed by atoms with E-state index in [0.29, 0.717) is 5.88 Å². The quantitative estimate of drug-likeness (QED) is 0.473. The molecule has 60 valence electrons. The molecule has 0 aliphatic heterocycles. The molecule has 0 amide bonds. The van der Waals surface area contributed by atoms with Gasteiger partial charge in [0.15, 0.2) is 0 Å². The number of aliphatic carboxylic acids is 1. The zero-order valence-electron chi connectivity index (χ0n) is 5.80. The molecule has 0 aliphatic carbocycles. The summed E-state index contributed by atoms with van der Waals surface area (Å²) in [5.74, 6) is -0.588. The number of aliphatic hydroxyl groups is 1. The largest absolute Gasteiger partial charge is 0.478 e. The van der Waals surface area contributed by atoms with Crippen LogP contribution in [0.2, 0.25) is 0 Å². The predicted octanol–water partition coefficient (Wildman–Crippen LogP) is 0.865. The zero-order chi connectivity index (χ0) is 8.57. The third-order valence-corrected chi connectivity index (χ3v) is 0.619. The average molecular weight is 167 g/mol. The number of carboxylic acids is 1. The number of hydrogen-bond donors (Lipinski definition) is 2. The van der Waals surface area contributed by atoms with Gasteiger partial charge in [-0.25, -0.2) is 4.79 Å². The first-order chi connectivity index (χ1) is 4.56. The molecule has 0 heterocycles. The minimum Gasteiger partial charge on any atom is -0.478 e. The highest BCUT2D eigenvalue weighted by Gasteiger charge is 1.90. The van der Waals surface area contributed by atoms with Crippen LogP contribution < -0.4 is 0 Å². The Morgan fingerprint density at radius 1 is 1.70 bits per heavy atom. The van der Waals surface area contributed by atoms with Crippen molar-refractivity contribution in [1.29, 1.82) is 0 Å². The number of rotatable bonds is 2. The molecule has 0 aromatic heterocycles. The van der Waals surface area contributed by atoms with Crippen molar-refractivity contribution in [3.05, 3.63) is 12.2 Å². The molecule has 0 aromatic rings. The topological polar surface area (TPSA) is 57.5 Å². The summed E-state index contributed by atoms with van der Waals surface area (Å²) in [6.45, 7) is 4.69. The van der Waals surface area contributed by atoms with Gasteiger partial charge in [0.25, 0.3) is 0 Å². The second-order valence-corrected chi connectivity index (χ2v) is 1.88. The van der Waals surface area contributed by atoms with Gasteiger partial charge in [0, 0.05) is 11.5 Å². The van der Waals surface area contributed by atoms with E-state index in [0.717, 1.165) is 0 Å². The van der Waals surface area contributed by atoms with Gasteiger partial charge >= 0.3 is 5.97 Å². The van der Waals surface area contributed by atoms with E-state index < -0.39 is 5.97 Å². The SMILES string of the molecule is C=C(C)C(=O)O.OCCCl. The molecule has 0 saturated carbocycles. The van der Waals surface area contributed by atoms with Gasteiger partial charge in [0.2, 0.25) is 0 Å². The van der Waals surface area contributed by atoms with E-state index in [4.69, 9.17) is 21.8 Å². The van der Waals surface area contributed by atoms with Crippen LogP contribution in [0, 0.1) is 0 Å². The van der Waals surface area contributed by atoms with Gasteiger partial charge in [-0.3, -0.25) is 0 Å². The monoisotopic (exact) mass is 166 g/mol. The number of aliphatic hydroxyl groups excluding tert-OH is 1. The van der Waals surface area contributed by atoms with Crippen LogP contribution in [-0.2, 0) is 4.79 Å². The standard InChI is InChI=1S/C4H6O2.C2H5ClO/c1-3(2)4(5)6;3-1-2-4/h1H2,2H3,(H,5,6);4H,1-2H2. The Hall–Kier alpha value is -0.540. The normalized spacial score (nSPS) is 7.50. The highest BCUT2D eigenvalue weighted by molar-refractivity contribution is 6.17. The van der Waals surface area contributed by atoms with Crippen LogP contribution in [0.25, 0.3) is 0 Å². The van der Waals surface area contributed by atoms with Crippen molar-refractivity contribution in [2.45, 2.75) is 6.92 Å². The minimum atomic E-state index is -0.935. The van der Waals surface area contributed by atoms with Crippen molar-refractivity contribution >= 4 is 17.6 Å². The Labute approximate surface area is 64.9 Å². The van der Waals surface area contributed by atoms with Crippen LogP contribution in [0.4, 0.5) is 0 Å². The fourth-order valence-corrected chi connectivity index (χ4v) is 0. The van der Waals surface area contributed by atoms with E-state index >= 15 is 0 Å². The molecule has 0 fully saturated rings. The van der Waals surface area contributed by atoms with Gasteiger partial charge in [-0.2, -0.15) is 0 Å². The van der Waals surface area contributed by atoms with Crippen molar-refractivity contribution in [2.75, 3.05) is 12.5 Å². The molecule has 4 heteroatoms. The third-order valence-electron chi connectivity index (χ3n) is 0.450. The lowest BCUT2D eigenvalue weighted by atomic mass is 10.4. The van der Waals surface area contributed by atoms with Crippen LogP contribution in [0.3, 0.4) is 0 Å². The zero-order valence-corrected chi connectivity index (χ0v) is 6.56. The molecule has 0 radical (unpaired) electrons. The molecule has 0 atom stereocenters. The fourth-order valence-electron chi connectivity index (χ4n) is 0. The molecule has 0 unspecified atom stereocenters. The molecule has 0 bridgehead atoms. The Morgan fingerprint density at radius 3 is 1.90 bits per heavy atom. The van der Waals surface area contributed by atoms with Crippen LogP contribution in [-0.4, -0.2) is 28.7 Å². The molecular formula is C6H11ClO3. The molecule has 10 heavy (non-hydrogen) atoms. The number of carboxylic acid groups (broad SMARTS) is 1. The van der Waals surface area contributed by atoms with Crippen LogP contribution >= 0.6 is 11.6 Å². The highest BCUT2D eigenvalue weighted by Crippen LogP contribution is 1.81. The summed E-state index contributed by atoms with van der Waals surface area (Å²) in [6.07, 6.45) is 0. The van der Waals surface area contributed by atoms with Gasteiger partial charge < -0.3 is 10.2 Å². The Morgan fingerprint density at radius 2 is 1.90 bits per heavy atom. The lowest BCUT2D eigenvalue weighted by Gasteiger charge is -1.79. The van der Waals surface area contributed by atoms with Crippen molar-refractivity contribution in [3.8, 4) is 0 Å². The summed E-state index contributed by atoms with van der Waals surface area (Å²) in [7, 11) is 0. The van der Waals surface area contributed by atoms with Crippen molar-refractivity contribution in [2.24, 2.45) is 0 Å². The number of carbonyl (C=O) groups is 1. The van der Waals surface area contributed by atoms with E-state index in [1.807, 2.05) is 0 Å². The third kappa shape index (κ3) is 15.7. The lowest BCUT2D eigenvalue weighted by Crippen LogP contribution is -1.92. The fraction of sp³-hybridized carbons (Fsp3) is 0.500. The van der Waals surface area contributed by atoms with Gasteiger partial charge in [0.1, 0.15) is 0 Å². The van der Waals surface area contributed by atoms with Crippen molar-refractivity contribution in [3.63, 3.8) is 0 Å². The maximum atomic E-state index is 9.60. The minimum absolute atomic E-state index is 0.0849. The average Bonchev–Trinajstić information content (AvgIpc) is 1.89. The molecule has 3 nitrogen and oxygen atoms in total. The summed E-state index contributed by atoms with van der Waals surface area (Å²) in [4.78, 5) is 9.60. The van der Waals surface area contributed by atoms with Crippen LogP contribution in [0.15, 0.2) is 12.2 Å². The van der Waals surface area contributed by atoms with Gasteiger partial charge in [-0.05, 0) is 6.92 Å². The summed E-state index contributed by atoms with van der Waals surface area (Å²) in [5.41, 5.74) is 0.176. The first-order valence-electron chi connectivity index (χ1n) is 2.61. The number of alkyl halides is 1. The summed E-state index contributed by atoms with van der Waals surface area (Å²) in [5, 5.41) is 15.6. The highest BCUT2D eigenvalue weighted by atomic mass is 35.5. The van der Waals surface area contributed by atoms with E-state index in [1.54, 1.807) is 0 Å². The van der Waals surface area contributed by atoms with Gasteiger partial charge in [-0.1, -0.05) is 6.58 Å². The molecule has 0 aliphatic rings. The Bertz CT molecular complexity index is 97.6. The van der Waals surface area contributed by atoms with E-state index in [9.17, 15) is 4.79 Å². The van der Waals surface area contributed by atoms with Crippen molar-refractivity contribution in [1.82, 2.24) is 0 Å². The molecule has 0 saturated heterocycles. The first kappa shape index (κ1) is 12.2. The summed E-state index contributed by atoms with van der Waals surface area (Å²) in [6, 6.07) is 0. The molecule has 0 aromatic carbocycles.